The minimum absolute atomic E-state index is 0.0845. The van der Waals surface area contributed by atoms with Crippen LogP contribution in [0.15, 0.2) is 54.3 Å². The van der Waals surface area contributed by atoms with Crippen LogP contribution >= 0.6 is 0 Å². The highest BCUT2D eigenvalue weighted by molar-refractivity contribution is 5.85. The predicted octanol–water partition coefficient (Wildman–Crippen LogP) is 4.94. The second kappa shape index (κ2) is 8.23. The van der Waals surface area contributed by atoms with Gasteiger partial charge in [-0.25, -0.2) is 9.37 Å². The first-order chi connectivity index (χ1) is 14.9. The van der Waals surface area contributed by atoms with Crippen molar-refractivity contribution >= 4 is 22.6 Å². The molecule has 0 amide bonds. The molecule has 4 rings (SSSR count). The lowest BCUT2D eigenvalue weighted by molar-refractivity contribution is -0.154. The van der Waals surface area contributed by atoms with Crippen molar-refractivity contribution in [1.29, 1.82) is 5.26 Å². The lowest BCUT2D eigenvalue weighted by atomic mass is 9.79. The maximum absolute atomic E-state index is 13.4. The SMILES string of the molecule is C[C@H](OC(=O)C1(c2ccc(F)cc2)CCCC1)/C(O)=C(\C#N)c1nc2ccccc2[nH]1. The highest BCUT2D eigenvalue weighted by Crippen LogP contribution is 2.42. The number of ether oxygens (including phenoxy) is 1. The van der Waals surface area contributed by atoms with Gasteiger partial charge in [-0.3, -0.25) is 4.79 Å². The molecule has 2 aromatic carbocycles. The largest absolute Gasteiger partial charge is 0.507 e. The molecule has 0 radical (unpaired) electrons. The van der Waals surface area contributed by atoms with E-state index in [0.717, 1.165) is 18.4 Å². The van der Waals surface area contributed by atoms with Gasteiger partial charge in [-0.05, 0) is 49.6 Å². The number of carbonyl (C=O) groups excluding carboxylic acids is 1. The lowest BCUT2D eigenvalue weighted by Crippen LogP contribution is -2.37. The van der Waals surface area contributed by atoms with E-state index in [2.05, 4.69) is 9.97 Å². The summed E-state index contributed by atoms with van der Waals surface area (Å²) in [5.41, 5.74) is 1.12. The summed E-state index contributed by atoms with van der Waals surface area (Å²) in [5.74, 6) is -1.03. The molecule has 31 heavy (non-hydrogen) atoms. The second-order valence-electron chi connectivity index (χ2n) is 7.82. The van der Waals surface area contributed by atoms with Crippen molar-refractivity contribution in [2.45, 2.75) is 44.1 Å². The van der Waals surface area contributed by atoms with Crippen LogP contribution in [0.25, 0.3) is 16.6 Å². The van der Waals surface area contributed by atoms with Gasteiger partial charge in [-0.15, -0.1) is 0 Å². The fourth-order valence-electron chi connectivity index (χ4n) is 4.19. The number of allylic oxidation sites excluding steroid dienone is 1. The Labute approximate surface area is 179 Å². The van der Waals surface area contributed by atoms with Gasteiger partial charge in [0.1, 0.15) is 17.5 Å². The molecular weight excluding hydrogens is 397 g/mol. The number of rotatable bonds is 5. The Balaban J connectivity index is 1.62. The van der Waals surface area contributed by atoms with E-state index in [4.69, 9.17) is 4.74 Å². The van der Waals surface area contributed by atoms with Crippen molar-refractivity contribution < 1.29 is 19.0 Å². The number of hydrogen-bond acceptors (Lipinski definition) is 5. The zero-order valence-electron chi connectivity index (χ0n) is 17.1. The van der Waals surface area contributed by atoms with Crippen LogP contribution in [0.3, 0.4) is 0 Å². The molecule has 6 nitrogen and oxygen atoms in total. The molecule has 1 aliphatic rings. The number of H-pyrrole nitrogens is 1. The molecule has 0 spiro atoms. The number of benzene rings is 2. The molecule has 1 saturated carbocycles. The van der Waals surface area contributed by atoms with Gasteiger partial charge in [0, 0.05) is 0 Å². The van der Waals surface area contributed by atoms with Crippen LogP contribution in [0.4, 0.5) is 4.39 Å². The Morgan fingerprint density at radius 2 is 1.90 bits per heavy atom. The summed E-state index contributed by atoms with van der Waals surface area (Å²) in [6, 6.07) is 15.1. The molecule has 158 valence electrons. The number of nitrogens with zero attached hydrogens (tertiary/aromatic N) is 2. The fourth-order valence-corrected chi connectivity index (χ4v) is 4.19. The van der Waals surface area contributed by atoms with Gasteiger partial charge in [-0.1, -0.05) is 37.1 Å². The van der Waals surface area contributed by atoms with Crippen LogP contribution in [-0.2, 0) is 14.9 Å². The summed E-state index contributed by atoms with van der Waals surface area (Å²) >= 11 is 0. The zero-order chi connectivity index (χ0) is 22.0. The van der Waals surface area contributed by atoms with Crippen molar-refractivity contribution in [3.63, 3.8) is 0 Å². The number of fused-ring (bicyclic) bond motifs is 1. The van der Waals surface area contributed by atoms with Crippen LogP contribution in [0.2, 0.25) is 0 Å². The van der Waals surface area contributed by atoms with Crippen molar-refractivity contribution in [2.24, 2.45) is 0 Å². The van der Waals surface area contributed by atoms with E-state index in [1.807, 2.05) is 24.3 Å². The van der Waals surface area contributed by atoms with Gasteiger partial charge in [-0.2, -0.15) is 5.26 Å². The molecule has 0 saturated heterocycles. The maximum Gasteiger partial charge on any atom is 0.317 e. The first kappa shape index (κ1) is 20.6. The van der Waals surface area contributed by atoms with Crippen molar-refractivity contribution in [3.05, 3.63) is 71.5 Å². The van der Waals surface area contributed by atoms with Crippen molar-refractivity contribution in [2.75, 3.05) is 0 Å². The first-order valence-electron chi connectivity index (χ1n) is 10.2. The number of hydrogen-bond donors (Lipinski definition) is 2. The summed E-state index contributed by atoms with van der Waals surface area (Å²) in [6.45, 7) is 1.51. The third-order valence-electron chi connectivity index (χ3n) is 5.91. The third-order valence-corrected chi connectivity index (χ3v) is 5.91. The Morgan fingerprint density at radius 1 is 1.23 bits per heavy atom. The van der Waals surface area contributed by atoms with Gasteiger partial charge >= 0.3 is 5.97 Å². The number of para-hydroxylation sites is 2. The molecule has 0 bridgehead atoms. The zero-order valence-corrected chi connectivity index (χ0v) is 17.1. The van der Waals surface area contributed by atoms with E-state index < -0.39 is 17.5 Å². The molecular formula is C24H22FN3O3. The average Bonchev–Trinajstić information content (AvgIpc) is 3.42. The maximum atomic E-state index is 13.4. The minimum Gasteiger partial charge on any atom is -0.507 e. The molecule has 1 aliphatic carbocycles. The van der Waals surface area contributed by atoms with E-state index in [-0.39, 0.29) is 23.0 Å². The van der Waals surface area contributed by atoms with Crippen molar-refractivity contribution in [3.8, 4) is 6.07 Å². The molecule has 0 unspecified atom stereocenters. The third kappa shape index (κ3) is 3.77. The minimum atomic E-state index is -1.05. The first-order valence-corrected chi connectivity index (χ1v) is 10.2. The van der Waals surface area contributed by atoms with Crippen LogP contribution in [0.5, 0.6) is 0 Å². The van der Waals surface area contributed by atoms with Gasteiger partial charge in [0.2, 0.25) is 0 Å². The Morgan fingerprint density at radius 3 is 2.55 bits per heavy atom. The standard InChI is InChI=1S/C24H22FN3O3/c1-15(21(29)18(14-26)22-27-19-6-2-3-7-20(19)28-22)31-23(30)24(12-4-5-13-24)16-8-10-17(25)11-9-16/h2-3,6-11,15,29H,4-5,12-13H2,1H3,(H,27,28)/b21-18-/t15-/m0/s1. The molecule has 0 aliphatic heterocycles. The summed E-state index contributed by atoms with van der Waals surface area (Å²) in [7, 11) is 0. The van der Waals surface area contributed by atoms with Crippen LogP contribution < -0.4 is 0 Å². The molecule has 2 N–H and O–H groups in total. The fraction of sp³-hybridized carbons (Fsp3) is 0.292. The monoisotopic (exact) mass is 419 g/mol. The van der Waals surface area contributed by atoms with E-state index in [9.17, 15) is 19.6 Å². The van der Waals surface area contributed by atoms with Crippen LogP contribution in [0, 0.1) is 17.1 Å². The van der Waals surface area contributed by atoms with Gasteiger partial charge in [0.05, 0.1) is 16.4 Å². The number of halogens is 1. The normalized spacial score (nSPS) is 17.1. The van der Waals surface area contributed by atoms with E-state index in [1.54, 1.807) is 18.2 Å². The van der Waals surface area contributed by atoms with Crippen LogP contribution in [-0.4, -0.2) is 27.1 Å². The smallest absolute Gasteiger partial charge is 0.317 e. The number of nitrogens with one attached hydrogen (secondary N) is 1. The second-order valence-corrected chi connectivity index (χ2v) is 7.82. The average molecular weight is 419 g/mol. The number of aromatic amines is 1. The summed E-state index contributed by atoms with van der Waals surface area (Å²) in [6.07, 6.45) is 1.83. The Kier molecular flexibility index (Phi) is 5.47. The van der Waals surface area contributed by atoms with Crippen molar-refractivity contribution in [1.82, 2.24) is 9.97 Å². The number of imidazole rings is 1. The number of aliphatic hydroxyl groups is 1. The molecule has 3 aromatic rings. The number of esters is 1. The predicted molar refractivity (Wildman–Crippen MR) is 113 cm³/mol. The molecule has 1 fully saturated rings. The highest BCUT2D eigenvalue weighted by atomic mass is 19.1. The molecule has 7 heteroatoms. The van der Waals surface area contributed by atoms with Gasteiger partial charge < -0.3 is 14.8 Å². The van der Waals surface area contributed by atoms with Crippen LogP contribution in [0.1, 0.15) is 44.0 Å². The quantitative estimate of drug-likeness (QED) is 0.347. The highest BCUT2D eigenvalue weighted by Gasteiger charge is 2.45. The number of carbonyl (C=O) groups is 1. The van der Waals surface area contributed by atoms with Gasteiger partial charge in [0.15, 0.2) is 17.7 Å². The summed E-state index contributed by atoms with van der Waals surface area (Å²) < 4.78 is 19.0. The molecule has 1 heterocycles. The molecule has 1 aromatic heterocycles. The summed E-state index contributed by atoms with van der Waals surface area (Å²) in [4.78, 5) is 20.5. The lowest BCUT2D eigenvalue weighted by Gasteiger charge is -2.29. The van der Waals surface area contributed by atoms with E-state index >= 15 is 0 Å². The Hall–Kier alpha value is -3.66. The summed E-state index contributed by atoms with van der Waals surface area (Å²) in [5, 5.41) is 20.3. The van der Waals surface area contributed by atoms with Gasteiger partial charge in [0.25, 0.3) is 0 Å². The van der Waals surface area contributed by atoms with E-state index in [1.165, 1.54) is 19.1 Å². The number of aromatic nitrogens is 2. The number of aliphatic hydroxyl groups excluding tert-OH is 1. The molecule has 1 atom stereocenters. The topological polar surface area (TPSA) is 99.0 Å². The Bertz CT molecular complexity index is 1150. The van der Waals surface area contributed by atoms with E-state index in [0.29, 0.717) is 23.9 Å². The number of nitriles is 1.